The van der Waals surface area contributed by atoms with Crippen LogP contribution in [0.1, 0.15) is 17.3 Å². The number of hydrogen-bond acceptors (Lipinski definition) is 4. The Hall–Kier alpha value is -0.720. The zero-order chi connectivity index (χ0) is 13.8. The quantitative estimate of drug-likeness (QED) is 0.818. The second kappa shape index (κ2) is 6.45. The van der Waals surface area contributed by atoms with Gasteiger partial charge in [-0.3, -0.25) is 0 Å². The van der Waals surface area contributed by atoms with Crippen LogP contribution >= 0.6 is 23.4 Å². The molecule has 0 aromatic heterocycles. The number of sulfone groups is 1. The predicted octanol–water partition coefficient (Wildman–Crippen LogP) is 2.57. The zero-order valence-corrected chi connectivity index (χ0v) is 12.1. The lowest BCUT2D eigenvalue weighted by Gasteiger charge is -2.06. The van der Waals surface area contributed by atoms with Gasteiger partial charge in [-0.1, -0.05) is 18.5 Å². The molecule has 0 fully saturated rings. The molecule has 7 heteroatoms. The van der Waals surface area contributed by atoms with E-state index in [-0.39, 0.29) is 21.2 Å². The molecule has 0 radical (unpaired) electrons. The molecule has 18 heavy (non-hydrogen) atoms. The van der Waals surface area contributed by atoms with E-state index in [0.29, 0.717) is 5.75 Å². The minimum Gasteiger partial charge on any atom is -0.478 e. The van der Waals surface area contributed by atoms with Crippen molar-refractivity contribution in [3.63, 3.8) is 0 Å². The summed E-state index contributed by atoms with van der Waals surface area (Å²) in [5, 5.41) is 8.73. The minimum absolute atomic E-state index is 0.0221. The Bertz CT molecular complexity index is 540. The van der Waals surface area contributed by atoms with Crippen LogP contribution in [0.25, 0.3) is 0 Å². The van der Waals surface area contributed by atoms with E-state index in [9.17, 15) is 13.2 Å². The first-order valence-electron chi connectivity index (χ1n) is 5.22. The van der Waals surface area contributed by atoms with Gasteiger partial charge in [0.15, 0.2) is 9.84 Å². The highest BCUT2D eigenvalue weighted by Crippen LogP contribution is 2.22. The first-order chi connectivity index (χ1) is 8.38. The minimum atomic E-state index is -3.40. The van der Waals surface area contributed by atoms with Crippen LogP contribution in [0.4, 0.5) is 0 Å². The Balaban J connectivity index is 2.97. The van der Waals surface area contributed by atoms with Crippen LogP contribution in [0.15, 0.2) is 23.1 Å². The van der Waals surface area contributed by atoms with Crippen LogP contribution in [0.2, 0.25) is 5.02 Å². The molecule has 0 aliphatic rings. The van der Waals surface area contributed by atoms with Gasteiger partial charge in [0.05, 0.1) is 21.2 Å². The molecule has 1 N–H and O–H groups in total. The molecule has 0 spiro atoms. The van der Waals surface area contributed by atoms with Gasteiger partial charge in [0, 0.05) is 5.75 Å². The molecule has 1 rings (SSSR count). The van der Waals surface area contributed by atoms with Crippen LogP contribution in [0.3, 0.4) is 0 Å². The fourth-order valence-corrected chi connectivity index (χ4v) is 4.07. The molecule has 1 aromatic rings. The van der Waals surface area contributed by atoms with E-state index >= 15 is 0 Å². The summed E-state index contributed by atoms with van der Waals surface area (Å²) in [4.78, 5) is 10.8. The number of carboxylic acid groups (broad SMARTS) is 1. The molecule has 0 saturated carbocycles. The topological polar surface area (TPSA) is 71.4 Å². The summed E-state index contributed by atoms with van der Waals surface area (Å²) < 4.78 is 23.8. The van der Waals surface area contributed by atoms with Gasteiger partial charge in [-0.05, 0) is 24.0 Å². The van der Waals surface area contributed by atoms with E-state index in [1.54, 1.807) is 0 Å². The Kier molecular flexibility index (Phi) is 5.49. The highest BCUT2D eigenvalue weighted by Gasteiger charge is 2.17. The van der Waals surface area contributed by atoms with Gasteiger partial charge in [-0.2, -0.15) is 11.8 Å². The van der Waals surface area contributed by atoms with E-state index in [1.165, 1.54) is 30.0 Å². The molecule has 0 aliphatic heterocycles. The van der Waals surface area contributed by atoms with Gasteiger partial charge in [0.2, 0.25) is 0 Å². The number of carboxylic acids is 1. The largest absolute Gasteiger partial charge is 0.478 e. The monoisotopic (exact) mass is 308 g/mol. The second-order valence-corrected chi connectivity index (χ2v) is 7.37. The summed E-state index contributed by atoms with van der Waals surface area (Å²) in [7, 11) is -3.40. The van der Waals surface area contributed by atoms with Crippen molar-refractivity contribution in [2.45, 2.75) is 11.8 Å². The molecule has 0 atom stereocenters. The lowest BCUT2D eigenvalue weighted by atomic mass is 10.2. The number of halogens is 1. The Morgan fingerprint density at radius 2 is 2.11 bits per heavy atom. The summed E-state index contributed by atoms with van der Waals surface area (Å²) in [6, 6.07) is 3.68. The lowest BCUT2D eigenvalue weighted by Crippen LogP contribution is -2.10. The van der Waals surface area contributed by atoms with Gasteiger partial charge < -0.3 is 5.11 Å². The van der Waals surface area contributed by atoms with Crippen molar-refractivity contribution < 1.29 is 18.3 Å². The summed E-state index contributed by atoms with van der Waals surface area (Å²) in [6.45, 7) is 1.95. The summed E-state index contributed by atoms with van der Waals surface area (Å²) in [5.74, 6) is 0.213. The number of benzene rings is 1. The zero-order valence-electron chi connectivity index (χ0n) is 9.72. The van der Waals surface area contributed by atoms with Crippen LogP contribution in [-0.4, -0.2) is 36.8 Å². The number of hydrogen-bond donors (Lipinski definition) is 1. The summed E-state index contributed by atoms with van der Waals surface area (Å²) >= 11 is 7.28. The second-order valence-electron chi connectivity index (χ2n) is 3.46. The first-order valence-corrected chi connectivity index (χ1v) is 8.40. The number of carbonyl (C=O) groups is 1. The molecule has 0 unspecified atom stereocenters. The van der Waals surface area contributed by atoms with Crippen LogP contribution in [0.5, 0.6) is 0 Å². The number of rotatable bonds is 6. The first kappa shape index (κ1) is 15.3. The molecule has 0 heterocycles. The van der Waals surface area contributed by atoms with E-state index in [0.717, 1.165) is 5.75 Å². The maximum absolute atomic E-state index is 11.9. The molecule has 0 aliphatic carbocycles. The fourth-order valence-electron chi connectivity index (χ4n) is 1.29. The van der Waals surface area contributed by atoms with Crippen molar-refractivity contribution in [2.75, 3.05) is 17.3 Å². The van der Waals surface area contributed by atoms with Crippen molar-refractivity contribution in [1.82, 2.24) is 0 Å². The SMILES string of the molecule is CCSCCS(=O)(=O)c1ccc(C(=O)O)c(Cl)c1. The molecule has 1 aromatic carbocycles. The van der Waals surface area contributed by atoms with E-state index in [2.05, 4.69) is 0 Å². The van der Waals surface area contributed by atoms with Crippen molar-refractivity contribution in [3.05, 3.63) is 28.8 Å². The van der Waals surface area contributed by atoms with Crippen LogP contribution < -0.4 is 0 Å². The van der Waals surface area contributed by atoms with Crippen molar-refractivity contribution in [1.29, 1.82) is 0 Å². The average molecular weight is 309 g/mol. The number of thioether (sulfide) groups is 1. The van der Waals surface area contributed by atoms with Crippen LogP contribution in [-0.2, 0) is 9.84 Å². The molecule has 0 amide bonds. The van der Waals surface area contributed by atoms with Crippen molar-refractivity contribution >= 4 is 39.2 Å². The highest BCUT2D eigenvalue weighted by molar-refractivity contribution is 8.00. The third kappa shape index (κ3) is 3.90. The van der Waals surface area contributed by atoms with E-state index in [1.807, 2.05) is 6.92 Å². The van der Waals surface area contributed by atoms with Crippen molar-refractivity contribution in [2.24, 2.45) is 0 Å². The average Bonchev–Trinajstić information content (AvgIpc) is 2.28. The summed E-state index contributed by atoms with van der Waals surface area (Å²) in [6.07, 6.45) is 0. The van der Waals surface area contributed by atoms with Crippen molar-refractivity contribution in [3.8, 4) is 0 Å². The van der Waals surface area contributed by atoms with E-state index in [4.69, 9.17) is 16.7 Å². The maximum Gasteiger partial charge on any atom is 0.337 e. The summed E-state index contributed by atoms with van der Waals surface area (Å²) in [5.41, 5.74) is -0.0986. The normalized spacial score (nSPS) is 11.4. The Morgan fingerprint density at radius 1 is 1.44 bits per heavy atom. The highest BCUT2D eigenvalue weighted by atomic mass is 35.5. The maximum atomic E-state index is 11.9. The third-order valence-corrected chi connectivity index (χ3v) is 5.42. The van der Waals surface area contributed by atoms with E-state index < -0.39 is 15.8 Å². The molecule has 100 valence electrons. The standard InChI is InChI=1S/C11H13ClO4S2/c1-2-17-5-6-18(15,16)8-3-4-9(11(13)14)10(12)7-8/h3-4,7H,2,5-6H2,1H3,(H,13,14). The molecular formula is C11H13ClO4S2. The van der Waals surface area contributed by atoms with Gasteiger partial charge >= 0.3 is 5.97 Å². The predicted molar refractivity (Wildman–Crippen MR) is 73.5 cm³/mol. The Morgan fingerprint density at radius 3 is 2.61 bits per heavy atom. The lowest BCUT2D eigenvalue weighted by molar-refractivity contribution is 0.0697. The molecular weight excluding hydrogens is 296 g/mol. The molecule has 4 nitrogen and oxygen atoms in total. The van der Waals surface area contributed by atoms with Gasteiger partial charge in [-0.25, -0.2) is 13.2 Å². The Labute approximate surface area is 115 Å². The third-order valence-electron chi connectivity index (χ3n) is 2.23. The smallest absolute Gasteiger partial charge is 0.337 e. The molecule has 0 saturated heterocycles. The number of aromatic carboxylic acids is 1. The van der Waals surface area contributed by atoms with Gasteiger partial charge in [0.1, 0.15) is 0 Å². The van der Waals surface area contributed by atoms with Gasteiger partial charge in [0.25, 0.3) is 0 Å². The van der Waals surface area contributed by atoms with Crippen LogP contribution in [0, 0.1) is 0 Å². The molecule has 0 bridgehead atoms. The van der Waals surface area contributed by atoms with Gasteiger partial charge in [-0.15, -0.1) is 0 Å². The fraction of sp³-hybridized carbons (Fsp3) is 0.364.